The normalized spacial score (nSPS) is 20.9. The average Bonchev–Trinajstić information content (AvgIpc) is 3.01. The lowest BCUT2D eigenvalue weighted by molar-refractivity contribution is 0.359. The molecule has 3 heterocycles. The van der Waals surface area contributed by atoms with E-state index < -0.39 is 0 Å². The molecule has 0 bridgehead atoms. The lowest BCUT2D eigenvalue weighted by atomic mass is 9.74. The number of aryl methyl sites for hydroxylation is 1. The summed E-state index contributed by atoms with van der Waals surface area (Å²) in [5, 5.41) is 3.57. The number of piperidine rings is 1. The van der Waals surface area contributed by atoms with E-state index in [4.69, 9.17) is 4.98 Å². The van der Waals surface area contributed by atoms with Crippen molar-refractivity contribution in [3.63, 3.8) is 0 Å². The molecule has 2 aromatic rings. The Morgan fingerprint density at radius 1 is 1.08 bits per heavy atom. The van der Waals surface area contributed by atoms with Crippen molar-refractivity contribution in [3.05, 3.63) is 51.4 Å². The fourth-order valence-corrected chi connectivity index (χ4v) is 4.79. The first kappa shape index (κ1) is 15.0. The van der Waals surface area contributed by atoms with Crippen molar-refractivity contribution in [1.29, 1.82) is 0 Å². The number of rotatable bonds is 1. The number of aromatic nitrogens is 2. The fourth-order valence-electron chi connectivity index (χ4n) is 4.79. The maximum atomic E-state index is 12.4. The molecule has 1 aliphatic carbocycles. The van der Waals surface area contributed by atoms with Crippen molar-refractivity contribution in [2.75, 3.05) is 29.9 Å². The molecule has 5 nitrogen and oxygen atoms in total. The Labute approximate surface area is 147 Å². The second-order valence-corrected chi connectivity index (χ2v) is 7.69. The van der Waals surface area contributed by atoms with Crippen molar-refractivity contribution in [3.8, 4) is 0 Å². The minimum Gasteiger partial charge on any atom is -0.384 e. The van der Waals surface area contributed by atoms with Gasteiger partial charge in [-0.25, -0.2) is 4.98 Å². The molecule has 3 aliphatic rings. The molecular weight excluding hydrogens is 312 g/mol. The van der Waals surface area contributed by atoms with Crippen LogP contribution in [-0.2, 0) is 18.3 Å². The predicted octanol–water partition coefficient (Wildman–Crippen LogP) is 2.61. The van der Waals surface area contributed by atoms with E-state index in [-0.39, 0.29) is 11.0 Å². The molecular formula is C20H24N4O. The highest BCUT2D eigenvalue weighted by Gasteiger charge is 2.41. The van der Waals surface area contributed by atoms with Crippen LogP contribution in [0.2, 0.25) is 0 Å². The molecule has 1 spiro atoms. The number of para-hydroxylation sites is 1. The van der Waals surface area contributed by atoms with Gasteiger partial charge >= 0.3 is 0 Å². The minimum atomic E-state index is 0.0767. The molecule has 0 radical (unpaired) electrons. The maximum absolute atomic E-state index is 12.4. The first-order chi connectivity index (χ1) is 12.3. The Morgan fingerprint density at radius 2 is 1.88 bits per heavy atom. The number of nitrogens with zero attached hydrogens (tertiary/aromatic N) is 2. The van der Waals surface area contributed by atoms with Gasteiger partial charge in [-0.15, -0.1) is 0 Å². The van der Waals surface area contributed by atoms with Gasteiger partial charge in [0.15, 0.2) is 0 Å². The summed E-state index contributed by atoms with van der Waals surface area (Å²) in [4.78, 5) is 22.5. The molecule has 0 amide bonds. The summed E-state index contributed by atoms with van der Waals surface area (Å²) in [6, 6.07) is 8.69. The largest absolute Gasteiger partial charge is 0.384 e. The lowest BCUT2D eigenvalue weighted by Crippen LogP contribution is -2.45. The third kappa shape index (κ3) is 2.36. The molecule has 130 valence electrons. The highest BCUT2D eigenvalue weighted by molar-refractivity contribution is 5.61. The summed E-state index contributed by atoms with van der Waals surface area (Å²) in [7, 11) is 0. The van der Waals surface area contributed by atoms with E-state index in [1.807, 2.05) is 0 Å². The van der Waals surface area contributed by atoms with Gasteiger partial charge in [-0.3, -0.25) is 9.78 Å². The quantitative estimate of drug-likeness (QED) is 0.840. The monoisotopic (exact) mass is 336 g/mol. The van der Waals surface area contributed by atoms with Gasteiger partial charge < -0.3 is 10.2 Å². The van der Waals surface area contributed by atoms with Crippen LogP contribution in [0.25, 0.3) is 0 Å². The maximum Gasteiger partial charge on any atom is 0.255 e. The predicted molar refractivity (Wildman–Crippen MR) is 99.6 cm³/mol. The third-order valence-corrected chi connectivity index (χ3v) is 6.31. The van der Waals surface area contributed by atoms with Crippen LogP contribution >= 0.6 is 0 Å². The van der Waals surface area contributed by atoms with Crippen LogP contribution in [0.3, 0.4) is 0 Å². The lowest BCUT2D eigenvalue weighted by Gasteiger charge is -2.39. The Kier molecular flexibility index (Phi) is 3.37. The molecule has 1 aromatic carbocycles. The van der Waals surface area contributed by atoms with Crippen LogP contribution in [0.1, 0.15) is 42.5 Å². The molecule has 0 saturated carbocycles. The van der Waals surface area contributed by atoms with Crippen molar-refractivity contribution in [2.45, 2.75) is 43.9 Å². The molecule has 0 atom stereocenters. The van der Waals surface area contributed by atoms with Crippen molar-refractivity contribution in [2.24, 2.45) is 0 Å². The number of hydrogen-bond acceptors (Lipinski definition) is 4. The molecule has 0 unspecified atom stereocenters. The second-order valence-electron chi connectivity index (χ2n) is 7.69. The molecule has 1 fully saturated rings. The van der Waals surface area contributed by atoms with E-state index in [1.54, 1.807) is 0 Å². The molecule has 1 aromatic heterocycles. The standard InChI is InChI=1S/C20H24N4O/c25-18-14-5-1-3-7-16(14)22-19(23-18)24-11-9-20(10-12-24)13-21-17-8-4-2-6-15(17)20/h2,4,6,8,21H,1,3,5,7,9-13H2,(H,22,23,25). The highest BCUT2D eigenvalue weighted by atomic mass is 16.1. The SMILES string of the molecule is O=c1[nH]c(N2CCC3(CC2)CNc2ccccc23)nc2c1CCCC2. The van der Waals surface area contributed by atoms with Gasteiger partial charge in [0.2, 0.25) is 5.95 Å². The molecule has 25 heavy (non-hydrogen) atoms. The molecule has 2 aliphatic heterocycles. The Bertz CT molecular complexity index is 864. The zero-order valence-electron chi connectivity index (χ0n) is 14.5. The van der Waals surface area contributed by atoms with E-state index in [1.165, 1.54) is 11.3 Å². The molecule has 5 rings (SSSR count). The average molecular weight is 336 g/mol. The van der Waals surface area contributed by atoms with Crippen molar-refractivity contribution >= 4 is 11.6 Å². The van der Waals surface area contributed by atoms with Gasteiger partial charge in [0, 0.05) is 36.3 Å². The number of aromatic amines is 1. The summed E-state index contributed by atoms with van der Waals surface area (Å²) < 4.78 is 0. The van der Waals surface area contributed by atoms with E-state index >= 15 is 0 Å². The van der Waals surface area contributed by atoms with Gasteiger partial charge in [0.1, 0.15) is 0 Å². The first-order valence-corrected chi connectivity index (χ1v) is 9.46. The van der Waals surface area contributed by atoms with Crippen LogP contribution in [0, 0.1) is 0 Å². The highest BCUT2D eigenvalue weighted by Crippen LogP contribution is 2.44. The first-order valence-electron chi connectivity index (χ1n) is 9.46. The van der Waals surface area contributed by atoms with Gasteiger partial charge in [0.25, 0.3) is 5.56 Å². The van der Waals surface area contributed by atoms with Gasteiger partial charge in [-0.2, -0.15) is 0 Å². The van der Waals surface area contributed by atoms with E-state index in [0.29, 0.717) is 0 Å². The minimum absolute atomic E-state index is 0.0767. The summed E-state index contributed by atoms with van der Waals surface area (Å²) in [5.74, 6) is 0.778. The number of nitrogens with one attached hydrogen (secondary N) is 2. The summed E-state index contributed by atoms with van der Waals surface area (Å²) in [5.41, 5.74) is 5.00. The Balaban J connectivity index is 1.40. The van der Waals surface area contributed by atoms with Crippen LogP contribution < -0.4 is 15.8 Å². The number of benzene rings is 1. The number of H-pyrrole nitrogens is 1. The van der Waals surface area contributed by atoms with E-state index in [2.05, 4.69) is 39.5 Å². The van der Waals surface area contributed by atoms with Crippen LogP contribution in [0.4, 0.5) is 11.6 Å². The summed E-state index contributed by atoms with van der Waals surface area (Å²) in [6.07, 6.45) is 6.27. The summed E-state index contributed by atoms with van der Waals surface area (Å²) >= 11 is 0. The zero-order valence-corrected chi connectivity index (χ0v) is 14.5. The second kappa shape index (κ2) is 5.61. The number of fused-ring (bicyclic) bond motifs is 3. The molecule has 1 saturated heterocycles. The zero-order chi connectivity index (χ0) is 16.9. The van der Waals surface area contributed by atoms with E-state index in [9.17, 15) is 4.79 Å². The molecule has 5 heteroatoms. The number of hydrogen-bond donors (Lipinski definition) is 2. The molecule has 2 N–H and O–H groups in total. The van der Waals surface area contributed by atoms with E-state index in [0.717, 1.165) is 75.4 Å². The fraction of sp³-hybridized carbons (Fsp3) is 0.500. The van der Waals surface area contributed by atoms with Gasteiger partial charge in [-0.05, 0) is 50.2 Å². The van der Waals surface area contributed by atoms with Crippen molar-refractivity contribution in [1.82, 2.24) is 9.97 Å². The van der Waals surface area contributed by atoms with Gasteiger partial charge in [-0.1, -0.05) is 18.2 Å². The number of anilines is 2. The Morgan fingerprint density at radius 3 is 2.76 bits per heavy atom. The summed E-state index contributed by atoms with van der Waals surface area (Å²) in [6.45, 7) is 2.91. The topological polar surface area (TPSA) is 61.0 Å². The van der Waals surface area contributed by atoms with Gasteiger partial charge in [0.05, 0.1) is 5.69 Å². The smallest absolute Gasteiger partial charge is 0.255 e. The third-order valence-electron chi connectivity index (χ3n) is 6.31. The van der Waals surface area contributed by atoms with Crippen LogP contribution in [0.15, 0.2) is 29.1 Å². The van der Waals surface area contributed by atoms with Crippen LogP contribution in [0.5, 0.6) is 0 Å². The Hall–Kier alpha value is -2.30. The van der Waals surface area contributed by atoms with Crippen molar-refractivity contribution < 1.29 is 0 Å². The van der Waals surface area contributed by atoms with Crippen LogP contribution in [-0.4, -0.2) is 29.6 Å².